The fraction of sp³-hybridized carbons (Fsp3) is 0.818. The second-order valence-electron chi connectivity index (χ2n) is 4.31. The zero-order valence-electron chi connectivity index (χ0n) is 8.06. The maximum absolute atomic E-state index is 2.42. The Balaban J connectivity index is 2.57. The van der Waals surface area contributed by atoms with E-state index in [9.17, 15) is 0 Å². The van der Waals surface area contributed by atoms with Crippen molar-refractivity contribution in [3.05, 3.63) is 12.2 Å². The largest absolute Gasteiger partial charge is 0.0882 e. The van der Waals surface area contributed by atoms with Crippen molar-refractivity contribution in [2.45, 2.75) is 46.5 Å². The molecule has 0 amide bonds. The average molecular weight is 152 g/mol. The number of allylic oxidation sites excluding steroid dienone is 2. The highest BCUT2D eigenvalue weighted by Gasteiger charge is 2.25. The van der Waals surface area contributed by atoms with E-state index in [1.165, 1.54) is 25.7 Å². The Labute approximate surface area is 70.7 Å². The van der Waals surface area contributed by atoms with Crippen LogP contribution < -0.4 is 0 Å². The molecule has 64 valence electrons. The lowest BCUT2D eigenvalue weighted by atomic mass is 9.72. The summed E-state index contributed by atoms with van der Waals surface area (Å²) >= 11 is 0. The molecule has 0 fully saturated rings. The van der Waals surface area contributed by atoms with Crippen molar-refractivity contribution in [3.8, 4) is 0 Å². The van der Waals surface area contributed by atoms with Gasteiger partial charge in [-0.25, -0.2) is 0 Å². The van der Waals surface area contributed by atoms with Crippen LogP contribution in [0.2, 0.25) is 0 Å². The summed E-state index contributed by atoms with van der Waals surface area (Å²) in [5.74, 6) is 0.834. The van der Waals surface area contributed by atoms with Gasteiger partial charge in [-0.2, -0.15) is 0 Å². The summed E-state index contributed by atoms with van der Waals surface area (Å²) in [5.41, 5.74) is 0.525. The third-order valence-corrected chi connectivity index (χ3v) is 3.17. The molecular weight excluding hydrogens is 132 g/mol. The van der Waals surface area contributed by atoms with Gasteiger partial charge in [0.05, 0.1) is 0 Å². The van der Waals surface area contributed by atoms with E-state index < -0.39 is 0 Å². The average Bonchev–Trinajstić information content (AvgIpc) is 2.06. The molecule has 11 heavy (non-hydrogen) atoms. The van der Waals surface area contributed by atoms with Gasteiger partial charge in [0.25, 0.3) is 0 Å². The summed E-state index contributed by atoms with van der Waals surface area (Å²) < 4.78 is 0. The highest BCUT2D eigenvalue weighted by molar-refractivity contribution is 4.98. The zero-order chi connectivity index (χ0) is 8.32. The van der Waals surface area contributed by atoms with Crippen molar-refractivity contribution in [3.63, 3.8) is 0 Å². The molecule has 0 spiro atoms. The van der Waals surface area contributed by atoms with Crippen molar-refractivity contribution in [1.82, 2.24) is 0 Å². The topological polar surface area (TPSA) is 0 Å². The molecule has 0 nitrogen and oxygen atoms in total. The lowest BCUT2D eigenvalue weighted by Crippen LogP contribution is -2.22. The fourth-order valence-electron chi connectivity index (χ4n) is 1.73. The second-order valence-corrected chi connectivity index (χ2v) is 4.31. The summed E-state index contributed by atoms with van der Waals surface area (Å²) in [4.78, 5) is 0. The van der Waals surface area contributed by atoms with Crippen LogP contribution in [0.4, 0.5) is 0 Å². The highest BCUT2D eigenvalue weighted by Crippen LogP contribution is 2.36. The summed E-state index contributed by atoms with van der Waals surface area (Å²) in [7, 11) is 0. The Morgan fingerprint density at radius 1 is 1.45 bits per heavy atom. The summed E-state index contributed by atoms with van der Waals surface area (Å²) in [6, 6.07) is 0. The highest BCUT2D eigenvalue weighted by atomic mass is 14.3. The van der Waals surface area contributed by atoms with Gasteiger partial charge in [0.2, 0.25) is 0 Å². The minimum atomic E-state index is 0.525. The first-order valence-electron chi connectivity index (χ1n) is 4.83. The Kier molecular flexibility index (Phi) is 2.75. The van der Waals surface area contributed by atoms with Crippen LogP contribution in [-0.4, -0.2) is 0 Å². The van der Waals surface area contributed by atoms with Crippen molar-refractivity contribution in [2.24, 2.45) is 11.3 Å². The van der Waals surface area contributed by atoms with Gasteiger partial charge in [-0.15, -0.1) is 0 Å². The van der Waals surface area contributed by atoms with Crippen LogP contribution in [0.1, 0.15) is 46.5 Å². The summed E-state index contributed by atoms with van der Waals surface area (Å²) in [6.45, 7) is 7.06. The standard InChI is InChI=1S/C11H20/c1-4-11(2,3)10-8-6-5-7-9-10/h6,8,10H,4-5,7,9H2,1-3H3. The third-order valence-electron chi connectivity index (χ3n) is 3.17. The predicted molar refractivity (Wildman–Crippen MR) is 50.6 cm³/mol. The van der Waals surface area contributed by atoms with Crippen LogP contribution in [0.5, 0.6) is 0 Å². The normalized spacial score (nSPS) is 25.5. The molecule has 0 aromatic heterocycles. The van der Waals surface area contributed by atoms with Gasteiger partial charge in [0.1, 0.15) is 0 Å². The van der Waals surface area contributed by atoms with Crippen molar-refractivity contribution < 1.29 is 0 Å². The van der Waals surface area contributed by atoms with Crippen molar-refractivity contribution >= 4 is 0 Å². The first-order chi connectivity index (χ1) is 5.17. The molecule has 1 aliphatic rings. The Hall–Kier alpha value is -0.260. The second kappa shape index (κ2) is 3.42. The molecule has 0 saturated carbocycles. The molecule has 1 rings (SSSR count). The monoisotopic (exact) mass is 152 g/mol. The number of rotatable bonds is 2. The minimum absolute atomic E-state index is 0.525. The van der Waals surface area contributed by atoms with E-state index >= 15 is 0 Å². The predicted octanol–water partition coefficient (Wildman–Crippen LogP) is 3.78. The van der Waals surface area contributed by atoms with Crippen molar-refractivity contribution in [2.75, 3.05) is 0 Å². The first-order valence-corrected chi connectivity index (χ1v) is 4.83. The van der Waals surface area contributed by atoms with E-state index in [4.69, 9.17) is 0 Å². The Bertz CT molecular complexity index is 142. The van der Waals surface area contributed by atoms with Gasteiger partial charge in [0, 0.05) is 0 Å². The molecule has 0 saturated heterocycles. The summed E-state index contributed by atoms with van der Waals surface area (Å²) in [6.07, 6.45) is 10.2. The molecule has 1 aliphatic carbocycles. The minimum Gasteiger partial charge on any atom is -0.0882 e. The molecule has 1 unspecified atom stereocenters. The first kappa shape index (κ1) is 8.83. The number of hydrogen-bond acceptors (Lipinski definition) is 0. The molecular formula is C11H20. The van der Waals surface area contributed by atoms with Gasteiger partial charge in [0.15, 0.2) is 0 Å². The third kappa shape index (κ3) is 2.08. The molecule has 0 aromatic rings. The van der Waals surface area contributed by atoms with Crippen LogP contribution in [0.3, 0.4) is 0 Å². The molecule has 0 N–H and O–H groups in total. The molecule has 0 heteroatoms. The van der Waals surface area contributed by atoms with Crippen LogP contribution in [0.25, 0.3) is 0 Å². The number of hydrogen-bond donors (Lipinski definition) is 0. The quantitative estimate of drug-likeness (QED) is 0.528. The van der Waals surface area contributed by atoms with Gasteiger partial charge in [-0.3, -0.25) is 0 Å². The maximum atomic E-state index is 2.42. The van der Waals surface area contributed by atoms with Gasteiger partial charge >= 0.3 is 0 Å². The van der Waals surface area contributed by atoms with E-state index in [1.807, 2.05) is 0 Å². The van der Waals surface area contributed by atoms with Crippen LogP contribution in [0, 0.1) is 11.3 Å². The van der Waals surface area contributed by atoms with E-state index in [2.05, 4.69) is 32.9 Å². The lowest BCUT2D eigenvalue weighted by Gasteiger charge is -2.33. The molecule has 0 aromatic carbocycles. The van der Waals surface area contributed by atoms with Gasteiger partial charge < -0.3 is 0 Å². The molecule has 0 radical (unpaired) electrons. The van der Waals surface area contributed by atoms with E-state index in [-0.39, 0.29) is 0 Å². The lowest BCUT2D eigenvalue weighted by molar-refractivity contribution is 0.228. The Morgan fingerprint density at radius 2 is 2.18 bits per heavy atom. The zero-order valence-corrected chi connectivity index (χ0v) is 8.06. The van der Waals surface area contributed by atoms with Gasteiger partial charge in [-0.1, -0.05) is 39.3 Å². The van der Waals surface area contributed by atoms with Crippen molar-refractivity contribution in [1.29, 1.82) is 0 Å². The van der Waals surface area contributed by atoms with E-state index in [0.29, 0.717) is 5.41 Å². The SMILES string of the molecule is CCC(C)(C)C1C=CCCC1. The molecule has 0 heterocycles. The van der Waals surface area contributed by atoms with E-state index in [0.717, 1.165) is 5.92 Å². The molecule has 0 aliphatic heterocycles. The van der Waals surface area contributed by atoms with Crippen LogP contribution in [0.15, 0.2) is 12.2 Å². The Morgan fingerprint density at radius 3 is 2.64 bits per heavy atom. The smallest absolute Gasteiger partial charge is 0.0182 e. The molecule has 1 atom stereocenters. The molecule has 0 bridgehead atoms. The maximum Gasteiger partial charge on any atom is -0.0182 e. The summed E-state index contributed by atoms with van der Waals surface area (Å²) in [5, 5.41) is 0. The van der Waals surface area contributed by atoms with Gasteiger partial charge in [-0.05, 0) is 30.6 Å². The van der Waals surface area contributed by atoms with Crippen LogP contribution in [-0.2, 0) is 0 Å². The van der Waals surface area contributed by atoms with E-state index in [1.54, 1.807) is 0 Å². The fourth-order valence-corrected chi connectivity index (χ4v) is 1.73. The van der Waals surface area contributed by atoms with Crippen LogP contribution >= 0.6 is 0 Å².